The number of thioether (sulfide) groups is 1. The van der Waals surface area contributed by atoms with E-state index in [1.807, 2.05) is 12.1 Å². The maximum absolute atomic E-state index is 12.7. The van der Waals surface area contributed by atoms with Gasteiger partial charge in [-0.05, 0) is 52.3 Å². The predicted octanol–water partition coefficient (Wildman–Crippen LogP) is 4.19. The Balaban J connectivity index is 1.73. The molecule has 0 atom stereocenters. The molecule has 2 aromatic rings. The first-order chi connectivity index (χ1) is 8.74. The van der Waals surface area contributed by atoms with Gasteiger partial charge in [-0.1, -0.05) is 0 Å². The third-order valence-electron chi connectivity index (χ3n) is 2.23. The first kappa shape index (κ1) is 13.4. The average Bonchev–Trinajstić information content (AvgIpc) is 2.39. The molecule has 0 aliphatic heterocycles. The van der Waals surface area contributed by atoms with Crippen LogP contribution >= 0.6 is 27.7 Å². The van der Waals surface area contributed by atoms with E-state index in [0.29, 0.717) is 0 Å². The summed E-state index contributed by atoms with van der Waals surface area (Å²) in [6.45, 7) is 0.814. The van der Waals surface area contributed by atoms with Crippen molar-refractivity contribution in [3.05, 3.63) is 52.9 Å². The monoisotopic (exact) mass is 326 g/mol. The highest BCUT2D eigenvalue weighted by Gasteiger charge is 1.96. The Bertz CT molecular complexity index is 440. The van der Waals surface area contributed by atoms with Crippen LogP contribution in [0.2, 0.25) is 0 Å². The van der Waals surface area contributed by atoms with Gasteiger partial charge in [-0.2, -0.15) is 0 Å². The molecule has 2 rings (SSSR count). The quantitative estimate of drug-likeness (QED) is 0.658. The van der Waals surface area contributed by atoms with Gasteiger partial charge in [-0.15, -0.1) is 11.8 Å². The van der Waals surface area contributed by atoms with Crippen molar-refractivity contribution in [2.24, 2.45) is 0 Å². The van der Waals surface area contributed by atoms with Crippen molar-refractivity contribution in [1.82, 2.24) is 4.98 Å². The molecule has 1 aromatic heterocycles. The molecule has 18 heavy (non-hydrogen) atoms. The molecule has 0 saturated carbocycles. The molecule has 0 unspecified atom stereocenters. The lowest BCUT2D eigenvalue weighted by Gasteiger charge is -2.05. The minimum atomic E-state index is -0.214. The highest BCUT2D eigenvalue weighted by Crippen LogP contribution is 2.17. The van der Waals surface area contributed by atoms with Gasteiger partial charge in [0.05, 0.1) is 5.03 Å². The van der Waals surface area contributed by atoms with Crippen LogP contribution in [0, 0.1) is 5.82 Å². The van der Waals surface area contributed by atoms with Gasteiger partial charge in [0.1, 0.15) is 5.82 Å². The predicted molar refractivity (Wildman–Crippen MR) is 77.6 cm³/mol. The van der Waals surface area contributed by atoms with Crippen LogP contribution < -0.4 is 5.32 Å². The van der Waals surface area contributed by atoms with E-state index in [1.165, 1.54) is 12.1 Å². The summed E-state index contributed by atoms with van der Waals surface area (Å²) >= 11 is 5.03. The summed E-state index contributed by atoms with van der Waals surface area (Å²) < 4.78 is 13.7. The Morgan fingerprint density at radius 3 is 2.61 bits per heavy atom. The summed E-state index contributed by atoms with van der Waals surface area (Å²) in [5.41, 5.74) is 0.931. The maximum Gasteiger partial charge on any atom is 0.123 e. The molecule has 0 aliphatic carbocycles. The summed E-state index contributed by atoms with van der Waals surface area (Å²) in [7, 11) is 0. The molecule has 1 aromatic carbocycles. The number of pyridine rings is 1. The van der Waals surface area contributed by atoms with Gasteiger partial charge in [-0.25, -0.2) is 9.37 Å². The summed E-state index contributed by atoms with van der Waals surface area (Å²) in [5, 5.41) is 4.23. The van der Waals surface area contributed by atoms with Crippen LogP contribution in [-0.4, -0.2) is 17.3 Å². The van der Waals surface area contributed by atoms with Crippen molar-refractivity contribution in [3.63, 3.8) is 0 Å². The molecular formula is C13H12BrFN2S. The normalized spacial score (nSPS) is 10.3. The molecule has 94 valence electrons. The van der Waals surface area contributed by atoms with Crippen LogP contribution in [0.4, 0.5) is 10.1 Å². The maximum atomic E-state index is 12.7. The first-order valence-electron chi connectivity index (χ1n) is 5.48. The van der Waals surface area contributed by atoms with Crippen LogP contribution in [0.5, 0.6) is 0 Å². The molecular weight excluding hydrogens is 315 g/mol. The summed E-state index contributed by atoms with van der Waals surface area (Å²) in [6.07, 6.45) is 1.79. The Morgan fingerprint density at radius 1 is 1.17 bits per heavy atom. The zero-order valence-corrected chi connectivity index (χ0v) is 12.0. The fourth-order valence-corrected chi connectivity index (χ4v) is 2.31. The molecule has 2 nitrogen and oxygen atoms in total. The highest BCUT2D eigenvalue weighted by atomic mass is 79.9. The third kappa shape index (κ3) is 4.31. The lowest BCUT2D eigenvalue weighted by atomic mass is 10.3. The van der Waals surface area contributed by atoms with Crippen molar-refractivity contribution in [3.8, 4) is 0 Å². The summed E-state index contributed by atoms with van der Waals surface area (Å²) in [5.74, 6) is 0.695. The van der Waals surface area contributed by atoms with E-state index >= 15 is 0 Å². The number of benzene rings is 1. The second-order valence-corrected chi connectivity index (χ2v) is 5.63. The minimum Gasteiger partial charge on any atom is -0.384 e. The van der Waals surface area contributed by atoms with Gasteiger partial charge >= 0.3 is 0 Å². The van der Waals surface area contributed by atoms with E-state index in [-0.39, 0.29) is 5.82 Å². The second kappa shape index (κ2) is 6.75. The molecule has 0 aliphatic rings. The number of nitrogens with one attached hydrogen (secondary N) is 1. The number of hydrogen-bond acceptors (Lipinski definition) is 3. The van der Waals surface area contributed by atoms with E-state index in [2.05, 4.69) is 26.2 Å². The van der Waals surface area contributed by atoms with Gasteiger partial charge in [-0.3, -0.25) is 0 Å². The van der Waals surface area contributed by atoms with Gasteiger partial charge in [0.25, 0.3) is 0 Å². The van der Waals surface area contributed by atoms with E-state index < -0.39 is 0 Å². The number of nitrogens with zero attached hydrogens (tertiary/aromatic N) is 1. The Labute approximate surface area is 118 Å². The van der Waals surface area contributed by atoms with Gasteiger partial charge in [0, 0.05) is 28.7 Å². The molecule has 0 spiro atoms. The fraction of sp³-hybridized carbons (Fsp3) is 0.154. The zero-order valence-electron chi connectivity index (χ0n) is 9.57. The number of anilines is 1. The molecule has 0 bridgehead atoms. The minimum absolute atomic E-state index is 0.214. The van der Waals surface area contributed by atoms with Crippen molar-refractivity contribution in [2.45, 2.75) is 5.03 Å². The number of halogens is 2. The molecule has 0 fully saturated rings. The molecule has 0 saturated heterocycles. The first-order valence-corrected chi connectivity index (χ1v) is 7.26. The standard InChI is InChI=1S/C13H12BrFN2S/c14-10-1-6-13(17-9-10)18-8-7-16-12-4-2-11(15)3-5-12/h1-6,9,16H,7-8H2. The van der Waals surface area contributed by atoms with Gasteiger partial charge in [0.2, 0.25) is 0 Å². The largest absolute Gasteiger partial charge is 0.384 e. The zero-order chi connectivity index (χ0) is 12.8. The van der Waals surface area contributed by atoms with E-state index in [1.54, 1.807) is 30.1 Å². The highest BCUT2D eigenvalue weighted by molar-refractivity contribution is 9.10. The number of rotatable bonds is 5. The van der Waals surface area contributed by atoms with E-state index in [0.717, 1.165) is 27.5 Å². The van der Waals surface area contributed by atoms with Crippen molar-refractivity contribution >= 4 is 33.4 Å². The summed E-state index contributed by atoms with van der Waals surface area (Å²) in [4.78, 5) is 4.27. The van der Waals surface area contributed by atoms with Gasteiger partial charge < -0.3 is 5.32 Å². The topological polar surface area (TPSA) is 24.9 Å². The number of aromatic nitrogens is 1. The van der Waals surface area contributed by atoms with Crippen molar-refractivity contribution < 1.29 is 4.39 Å². The van der Waals surface area contributed by atoms with Crippen molar-refractivity contribution in [1.29, 1.82) is 0 Å². The Hall–Kier alpha value is -1.07. The lowest BCUT2D eigenvalue weighted by Crippen LogP contribution is -2.03. The van der Waals surface area contributed by atoms with Gasteiger partial charge in [0.15, 0.2) is 0 Å². The molecule has 1 heterocycles. The van der Waals surface area contributed by atoms with E-state index in [9.17, 15) is 4.39 Å². The molecule has 0 radical (unpaired) electrons. The number of hydrogen-bond donors (Lipinski definition) is 1. The van der Waals surface area contributed by atoms with Crippen LogP contribution in [0.15, 0.2) is 52.1 Å². The molecule has 1 N–H and O–H groups in total. The lowest BCUT2D eigenvalue weighted by molar-refractivity contribution is 0.628. The van der Waals surface area contributed by atoms with E-state index in [4.69, 9.17) is 0 Å². The SMILES string of the molecule is Fc1ccc(NCCSc2ccc(Br)cn2)cc1. The third-order valence-corrected chi connectivity index (χ3v) is 3.64. The van der Waals surface area contributed by atoms with Crippen LogP contribution in [0.1, 0.15) is 0 Å². The molecule has 5 heteroatoms. The van der Waals surface area contributed by atoms with Crippen LogP contribution in [-0.2, 0) is 0 Å². The Morgan fingerprint density at radius 2 is 1.94 bits per heavy atom. The smallest absolute Gasteiger partial charge is 0.123 e. The molecule has 0 amide bonds. The average molecular weight is 327 g/mol. The second-order valence-electron chi connectivity index (χ2n) is 3.60. The Kier molecular flexibility index (Phi) is 5.01. The fourth-order valence-electron chi connectivity index (χ4n) is 1.37. The van der Waals surface area contributed by atoms with Crippen LogP contribution in [0.25, 0.3) is 0 Å². The summed E-state index contributed by atoms with van der Waals surface area (Å²) in [6, 6.07) is 10.3. The van der Waals surface area contributed by atoms with Crippen LogP contribution in [0.3, 0.4) is 0 Å². The van der Waals surface area contributed by atoms with Crippen molar-refractivity contribution in [2.75, 3.05) is 17.6 Å².